The van der Waals surface area contributed by atoms with Crippen LogP contribution < -0.4 is 15.5 Å². The molecule has 0 aliphatic carbocycles. The molecule has 1 aliphatic rings. The predicted octanol–water partition coefficient (Wildman–Crippen LogP) is 4.10. The van der Waals surface area contributed by atoms with Crippen LogP contribution in [0.25, 0.3) is 0 Å². The number of nitro benzene ring substituents is 1. The first-order chi connectivity index (χ1) is 14.3. The molecule has 30 heavy (non-hydrogen) atoms. The van der Waals surface area contributed by atoms with Crippen molar-refractivity contribution in [2.75, 3.05) is 30.4 Å². The van der Waals surface area contributed by atoms with Gasteiger partial charge in [-0.1, -0.05) is 18.5 Å². The lowest BCUT2D eigenvalue weighted by Gasteiger charge is -2.31. The zero-order valence-electron chi connectivity index (χ0n) is 16.8. The van der Waals surface area contributed by atoms with Gasteiger partial charge in [-0.25, -0.2) is 0 Å². The number of anilines is 2. The highest BCUT2D eigenvalue weighted by Gasteiger charge is 2.25. The lowest BCUT2D eigenvalue weighted by atomic mass is 9.98. The van der Waals surface area contributed by atoms with Crippen molar-refractivity contribution in [3.8, 4) is 0 Å². The first kappa shape index (κ1) is 21.6. The number of nitrogens with one attached hydrogen (secondary N) is 2. The number of carbonyl (C=O) groups is 2. The van der Waals surface area contributed by atoms with Gasteiger partial charge < -0.3 is 15.5 Å². The lowest BCUT2D eigenvalue weighted by Crippen LogP contribution is -2.33. The van der Waals surface area contributed by atoms with E-state index in [1.165, 1.54) is 25.2 Å². The number of halogens is 1. The summed E-state index contributed by atoms with van der Waals surface area (Å²) in [6.45, 7) is 3.67. The molecule has 0 radical (unpaired) electrons. The maximum atomic E-state index is 12.7. The van der Waals surface area contributed by atoms with Crippen molar-refractivity contribution in [2.24, 2.45) is 5.92 Å². The number of nitro groups is 1. The summed E-state index contributed by atoms with van der Waals surface area (Å²) in [6, 6.07) is 9.01. The van der Waals surface area contributed by atoms with Crippen molar-refractivity contribution >= 4 is 40.5 Å². The second-order valence-electron chi connectivity index (χ2n) is 7.36. The Balaban J connectivity index is 1.84. The third kappa shape index (κ3) is 4.71. The highest BCUT2D eigenvalue weighted by molar-refractivity contribution is 6.34. The van der Waals surface area contributed by atoms with Crippen molar-refractivity contribution in [2.45, 2.75) is 19.8 Å². The number of carbonyl (C=O) groups excluding carboxylic acids is 2. The van der Waals surface area contributed by atoms with Crippen molar-refractivity contribution in [1.29, 1.82) is 0 Å². The minimum atomic E-state index is -0.512. The summed E-state index contributed by atoms with van der Waals surface area (Å²) in [5, 5.41) is 17.0. The number of hydrogen-bond acceptors (Lipinski definition) is 5. The minimum absolute atomic E-state index is 0.0978. The summed E-state index contributed by atoms with van der Waals surface area (Å²) in [5.41, 5.74) is 1.17. The van der Waals surface area contributed by atoms with E-state index in [-0.39, 0.29) is 27.7 Å². The molecule has 0 atom stereocenters. The highest BCUT2D eigenvalue weighted by Crippen LogP contribution is 2.32. The average molecular weight is 431 g/mol. The number of piperidine rings is 1. The van der Waals surface area contributed by atoms with Crippen LogP contribution in [-0.2, 0) is 0 Å². The number of rotatable bonds is 5. The molecule has 9 heteroatoms. The molecule has 2 aromatic rings. The fraction of sp³-hybridized carbons (Fsp3) is 0.333. The van der Waals surface area contributed by atoms with Crippen LogP contribution in [0.3, 0.4) is 0 Å². The Morgan fingerprint density at radius 1 is 1.13 bits per heavy atom. The molecule has 2 aromatic carbocycles. The Bertz CT molecular complexity index is 987. The molecule has 0 bridgehead atoms. The van der Waals surface area contributed by atoms with E-state index in [9.17, 15) is 19.7 Å². The summed E-state index contributed by atoms with van der Waals surface area (Å²) >= 11 is 6.03. The quantitative estimate of drug-likeness (QED) is 0.549. The van der Waals surface area contributed by atoms with E-state index in [0.29, 0.717) is 17.3 Å². The molecular weight excluding hydrogens is 408 g/mol. The maximum absolute atomic E-state index is 12.7. The molecule has 1 saturated heterocycles. The maximum Gasteiger partial charge on any atom is 0.293 e. The van der Waals surface area contributed by atoms with Crippen LogP contribution in [0.2, 0.25) is 5.02 Å². The molecular formula is C21H23ClN4O4. The first-order valence-electron chi connectivity index (χ1n) is 9.66. The van der Waals surface area contributed by atoms with Gasteiger partial charge in [0.05, 0.1) is 15.5 Å². The smallest absolute Gasteiger partial charge is 0.293 e. The molecule has 0 saturated carbocycles. The van der Waals surface area contributed by atoms with E-state index in [1.807, 2.05) is 4.90 Å². The van der Waals surface area contributed by atoms with E-state index in [0.717, 1.165) is 25.9 Å². The Morgan fingerprint density at radius 3 is 2.47 bits per heavy atom. The number of benzene rings is 2. The van der Waals surface area contributed by atoms with Gasteiger partial charge in [0.1, 0.15) is 5.69 Å². The zero-order valence-corrected chi connectivity index (χ0v) is 17.5. The molecule has 0 spiro atoms. The van der Waals surface area contributed by atoms with E-state index in [1.54, 1.807) is 18.2 Å². The molecule has 8 nitrogen and oxygen atoms in total. The summed E-state index contributed by atoms with van der Waals surface area (Å²) in [5.74, 6) is -0.293. The standard InChI is InChI=1S/C21H23ClN4O4/c1-13-7-9-25(10-8-13)18-6-3-14(11-19(18)26(29)30)20(27)24-15-4-5-17(22)16(12-15)21(28)23-2/h3-6,11-13H,7-10H2,1-2H3,(H,23,28)(H,24,27). The number of nitrogens with zero attached hydrogens (tertiary/aromatic N) is 2. The average Bonchev–Trinajstić information content (AvgIpc) is 2.74. The normalized spacial score (nSPS) is 14.3. The topological polar surface area (TPSA) is 105 Å². The van der Waals surface area contributed by atoms with Crippen LogP contribution >= 0.6 is 11.6 Å². The van der Waals surface area contributed by atoms with Crippen molar-refractivity contribution in [3.05, 3.63) is 62.7 Å². The van der Waals surface area contributed by atoms with Gasteiger partial charge in [-0.2, -0.15) is 0 Å². The van der Waals surface area contributed by atoms with Crippen LogP contribution in [0.4, 0.5) is 17.1 Å². The molecule has 1 fully saturated rings. The van der Waals surface area contributed by atoms with Crippen LogP contribution in [0.15, 0.2) is 36.4 Å². The molecule has 2 amide bonds. The van der Waals surface area contributed by atoms with Gasteiger partial charge in [-0.05, 0) is 49.1 Å². The zero-order chi connectivity index (χ0) is 21.8. The van der Waals surface area contributed by atoms with E-state index < -0.39 is 10.8 Å². The third-order valence-electron chi connectivity index (χ3n) is 5.25. The summed E-state index contributed by atoms with van der Waals surface area (Å²) in [4.78, 5) is 37.7. The predicted molar refractivity (Wildman–Crippen MR) is 117 cm³/mol. The van der Waals surface area contributed by atoms with Gasteiger partial charge in [-0.15, -0.1) is 0 Å². The second-order valence-corrected chi connectivity index (χ2v) is 7.77. The van der Waals surface area contributed by atoms with E-state index in [4.69, 9.17) is 11.6 Å². The minimum Gasteiger partial charge on any atom is -0.366 e. The molecule has 2 N–H and O–H groups in total. The van der Waals surface area contributed by atoms with Crippen LogP contribution in [0, 0.1) is 16.0 Å². The van der Waals surface area contributed by atoms with Crippen LogP contribution in [-0.4, -0.2) is 36.9 Å². The third-order valence-corrected chi connectivity index (χ3v) is 5.58. The van der Waals surface area contributed by atoms with Crippen LogP contribution in [0.1, 0.15) is 40.5 Å². The number of amides is 2. The molecule has 3 rings (SSSR count). The second kappa shape index (κ2) is 9.13. The van der Waals surface area contributed by atoms with Gasteiger partial charge in [-0.3, -0.25) is 19.7 Å². The first-order valence-corrected chi connectivity index (χ1v) is 10.0. The molecule has 0 unspecified atom stereocenters. The Hall–Kier alpha value is -3.13. The van der Waals surface area contributed by atoms with E-state index >= 15 is 0 Å². The van der Waals surface area contributed by atoms with Gasteiger partial charge in [0, 0.05) is 37.5 Å². The van der Waals surface area contributed by atoms with Crippen molar-refractivity contribution in [1.82, 2.24) is 5.32 Å². The Morgan fingerprint density at radius 2 is 1.83 bits per heavy atom. The van der Waals surface area contributed by atoms with E-state index in [2.05, 4.69) is 17.6 Å². The van der Waals surface area contributed by atoms with Crippen LogP contribution in [0.5, 0.6) is 0 Å². The monoisotopic (exact) mass is 430 g/mol. The lowest BCUT2D eigenvalue weighted by molar-refractivity contribution is -0.384. The van der Waals surface area contributed by atoms with Crippen molar-refractivity contribution < 1.29 is 14.5 Å². The van der Waals surface area contributed by atoms with Crippen molar-refractivity contribution in [3.63, 3.8) is 0 Å². The SMILES string of the molecule is CNC(=O)c1cc(NC(=O)c2ccc(N3CCC(C)CC3)c([N+](=O)[O-])c2)ccc1Cl. The summed E-state index contributed by atoms with van der Waals surface area (Å²) in [6.07, 6.45) is 1.95. The van der Waals surface area contributed by atoms with Gasteiger partial charge >= 0.3 is 0 Å². The number of hydrogen-bond donors (Lipinski definition) is 2. The molecule has 1 aliphatic heterocycles. The fourth-order valence-electron chi connectivity index (χ4n) is 3.44. The van der Waals surface area contributed by atoms with Gasteiger partial charge in [0.15, 0.2) is 0 Å². The molecule has 158 valence electrons. The fourth-order valence-corrected chi connectivity index (χ4v) is 3.65. The van der Waals surface area contributed by atoms with Gasteiger partial charge in [0.2, 0.25) is 0 Å². The molecule has 1 heterocycles. The highest BCUT2D eigenvalue weighted by atomic mass is 35.5. The Kier molecular flexibility index (Phi) is 6.56. The summed E-state index contributed by atoms with van der Waals surface area (Å²) < 4.78 is 0. The Labute approximate surface area is 179 Å². The molecule has 0 aromatic heterocycles. The summed E-state index contributed by atoms with van der Waals surface area (Å²) in [7, 11) is 1.48. The largest absolute Gasteiger partial charge is 0.366 e. The van der Waals surface area contributed by atoms with Gasteiger partial charge in [0.25, 0.3) is 17.5 Å².